The molecular formula is C14H10ClN3O4. The molecule has 0 atom stereocenters. The molecule has 3 rings (SSSR count). The first-order valence-corrected chi connectivity index (χ1v) is 6.69. The number of nitro benzene ring substituents is 1. The second kappa shape index (κ2) is 5.53. The SMILES string of the molecule is O=c1oc2cc([N+](=O)[O-])ccc2n1CNc1cccc(Cl)c1. The molecule has 1 N–H and O–H groups in total. The van der Waals surface area contributed by atoms with E-state index in [-0.39, 0.29) is 17.9 Å². The van der Waals surface area contributed by atoms with E-state index in [2.05, 4.69) is 5.32 Å². The number of nitrogens with one attached hydrogen (secondary N) is 1. The lowest BCUT2D eigenvalue weighted by molar-refractivity contribution is -0.384. The molecule has 2 aromatic carbocycles. The van der Waals surface area contributed by atoms with Crippen LogP contribution < -0.4 is 11.1 Å². The van der Waals surface area contributed by atoms with Gasteiger partial charge in [0.05, 0.1) is 23.2 Å². The molecule has 0 spiro atoms. The van der Waals surface area contributed by atoms with Crippen molar-refractivity contribution in [2.45, 2.75) is 6.67 Å². The topological polar surface area (TPSA) is 90.3 Å². The van der Waals surface area contributed by atoms with E-state index in [1.54, 1.807) is 18.2 Å². The first-order chi connectivity index (χ1) is 10.5. The Morgan fingerprint density at radius 2 is 2.09 bits per heavy atom. The van der Waals surface area contributed by atoms with Gasteiger partial charge in [0, 0.05) is 16.8 Å². The highest BCUT2D eigenvalue weighted by Gasteiger charge is 2.13. The lowest BCUT2D eigenvalue weighted by Crippen LogP contribution is -2.19. The predicted octanol–water partition coefficient (Wildman–Crippen LogP) is 3.23. The normalized spacial score (nSPS) is 10.8. The number of oxazole rings is 1. The maximum Gasteiger partial charge on any atom is 0.421 e. The second-order valence-electron chi connectivity index (χ2n) is 4.55. The fourth-order valence-corrected chi connectivity index (χ4v) is 2.28. The van der Waals surface area contributed by atoms with E-state index >= 15 is 0 Å². The van der Waals surface area contributed by atoms with Crippen LogP contribution in [0.1, 0.15) is 0 Å². The molecule has 0 aliphatic carbocycles. The molecule has 0 amide bonds. The predicted molar refractivity (Wildman–Crippen MR) is 82.2 cm³/mol. The van der Waals surface area contributed by atoms with E-state index in [9.17, 15) is 14.9 Å². The van der Waals surface area contributed by atoms with Crippen LogP contribution in [0.25, 0.3) is 11.1 Å². The summed E-state index contributed by atoms with van der Waals surface area (Å²) in [5.41, 5.74) is 1.27. The number of hydrogen-bond acceptors (Lipinski definition) is 5. The zero-order valence-corrected chi connectivity index (χ0v) is 11.9. The Morgan fingerprint density at radius 1 is 1.27 bits per heavy atom. The van der Waals surface area contributed by atoms with Gasteiger partial charge in [-0.25, -0.2) is 4.79 Å². The summed E-state index contributed by atoms with van der Waals surface area (Å²) in [6.07, 6.45) is 0. The van der Waals surface area contributed by atoms with Crippen molar-refractivity contribution in [3.63, 3.8) is 0 Å². The first-order valence-electron chi connectivity index (χ1n) is 6.32. The number of halogens is 1. The summed E-state index contributed by atoms with van der Waals surface area (Å²) in [7, 11) is 0. The van der Waals surface area contributed by atoms with Crippen molar-refractivity contribution in [1.29, 1.82) is 0 Å². The zero-order valence-electron chi connectivity index (χ0n) is 11.2. The van der Waals surface area contributed by atoms with Crippen molar-refractivity contribution in [3.8, 4) is 0 Å². The molecular weight excluding hydrogens is 310 g/mol. The van der Waals surface area contributed by atoms with Gasteiger partial charge in [-0.15, -0.1) is 0 Å². The second-order valence-corrected chi connectivity index (χ2v) is 4.99. The summed E-state index contributed by atoms with van der Waals surface area (Å²) in [4.78, 5) is 22.1. The summed E-state index contributed by atoms with van der Waals surface area (Å²) in [5.74, 6) is -0.593. The Hall–Kier alpha value is -2.80. The molecule has 0 bridgehead atoms. The van der Waals surface area contributed by atoms with Gasteiger partial charge in [-0.2, -0.15) is 0 Å². The Morgan fingerprint density at radius 3 is 2.82 bits per heavy atom. The molecule has 1 aromatic heterocycles. The smallest absolute Gasteiger partial charge is 0.407 e. The monoisotopic (exact) mass is 319 g/mol. The number of rotatable bonds is 4. The summed E-state index contributed by atoms with van der Waals surface area (Å²) >= 11 is 5.89. The highest BCUT2D eigenvalue weighted by Crippen LogP contribution is 2.20. The van der Waals surface area contributed by atoms with Gasteiger partial charge in [0.1, 0.15) is 0 Å². The molecule has 22 heavy (non-hydrogen) atoms. The molecule has 0 radical (unpaired) electrons. The van der Waals surface area contributed by atoms with Gasteiger partial charge in [-0.1, -0.05) is 17.7 Å². The van der Waals surface area contributed by atoms with Crippen LogP contribution in [-0.2, 0) is 6.67 Å². The van der Waals surface area contributed by atoms with Crippen LogP contribution in [0.15, 0.2) is 51.7 Å². The molecule has 0 aliphatic rings. The minimum absolute atomic E-state index is 0.129. The van der Waals surface area contributed by atoms with Crippen LogP contribution >= 0.6 is 11.6 Å². The Bertz CT molecular complexity index is 916. The van der Waals surface area contributed by atoms with Crippen LogP contribution in [0.2, 0.25) is 5.02 Å². The van der Waals surface area contributed by atoms with Crippen molar-refractivity contribution in [1.82, 2.24) is 4.57 Å². The lowest BCUT2D eigenvalue weighted by Gasteiger charge is -2.07. The molecule has 0 fully saturated rings. The third-order valence-electron chi connectivity index (χ3n) is 3.13. The Kier molecular flexibility index (Phi) is 3.56. The van der Waals surface area contributed by atoms with E-state index < -0.39 is 10.7 Å². The summed E-state index contributed by atoms with van der Waals surface area (Å²) in [5, 5.41) is 14.4. The number of aromatic nitrogens is 1. The van der Waals surface area contributed by atoms with Crippen LogP contribution in [0.4, 0.5) is 11.4 Å². The van der Waals surface area contributed by atoms with Crippen LogP contribution in [0.3, 0.4) is 0 Å². The molecule has 8 heteroatoms. The Labute approximate surface area is 128 Å². The van der Waals surface area contributed by atoms with E-state index in [1.807, 2.05) is 6.07 Å². The van der Waals surface area contributed by atoms with E-state index in [0.29, 0.717) is 10.5 Å². The maximum atomic E-state index is 11.9. The number of non-ortho nitro benzene ring substituents is 1. The molecule has 0 unspecified atom stereocenters. The fraction of sp³-hybridized carbons (Fsp3) is 0.0714. The van der Waals surface area contributed by atoms with Crippen molar-refractivity contribution < 1.29 is 9.34 Å². The number of fused-ring (bicyclic) bond motifs is 1. The van der Waals surface area contributed by atoms with Gasteiger partial charge in [-0.3, -0.25) is 14.7 Å². The molecule has 112 valence electrons. The van der Waals surface area contributed by atoms with Gasteiger partial charge in [0.25, 0.3) is 5.69 Å². The fourth-order valence-electron chi connectivity index (χ4n) is 2.09. The number of benzene rings is 2. The minimum atomic E-state index is -0.593. The van der Waals surface area contributed by atoms with E-state index in [0.717, 1.165) is 5.69 Å². The van der Waals surface area contributed by atoms with Crippen LogP contribution in [0, 0.1) is 10.1 Å². The number of nitrogens with zero attached hydrogens (tertiary/aromatic N) is 2. The van der Waals surface area contributed by atoms with Crippen LogP contribution in [-0.4, -0.2) is 9.49 Å². The van der Waals surface area contributed by atoms with Gasteiger partial charge in [-0.05, 0) is 24.3 Å². The average molecular weight is 320 g/mol. The van der Waals surface area contributed by atoms with Crippen molar-refractivity contribution >= 4 is 34.1 Å². The third kappa shape index (κ3) is 2.66. The standard InChI is InChI=1S/C14H10ClN3O4/c15-9-2-1-3-10(6-9)16-8-17-12-5-4-11(18(20)21)7-13(12)22-14(17)19/h1-7,16H,8H2. The van der Waals surface area contributed by atoms with E-state index in [4.69, 9.17) is 16.0 Å². The highest BCUT2D eigenvalue weighted by atomic mass is 35.5. The lowest BCUT2D eigenvalue weighted by atomic mass is 10.3. The molecule has 1 heterocycles. The van der Waals surface area contributed by atoms with Crippen molar-refractivity contribution in [3.05, 3.63) is 68.2 Å². The highest BCUT2D eigenvalue weighted by molar-refractivity contribution is 6.30. The maximum absolute atomic E-state index is 11.9. The van der Waals surface area contributed by atoms with Crippen LogP contribution in [0.5, 0.6) is 0 Å². The van der Waals surface area contributed by atoms with Gasteiger partial charge < -0.3 is 9.73 Å². The average Bonchev–Trinajstić information content (AvgIpc) is 2.79. The number of hydrogen-bond donors (Lipinski definition) is 1. The summed E-state index contributed by atoms with van der Waals surface area (Å²) in [6.45, 7) is 0.157. The van der Waals surface area contributed by atoms with Crippen molar-refractivity contribution in [2.24, 2.45) is 0 Å². The van der Waals surface area contributed by atoms with Gasteiger partial charge >= 0.3 is 5.76 Å². The molecule has 7 nitrogen and oxygen atoms in total. The molecule has 3 aromatic rings. The number of nitro groups is 1. The molecule has 0 aliphatic heterocycles. The minimum Gasteiger partial charge on any atom is -0.407 e. The van der Waals surface area contributed by atoms with Gasteiger partial charge in [0.2, 0.25) is 0 Å². The number of anilines is 1. The van der Waals surface area contributed by atoms with Crippen molar-refractivity contribution in [2.75, 3.05) is 5.32 Å². The quantitative estimate of drug-likeness (QED) is 0.589. The third-order valence-corrected chi connectivity index (χ3v) is 3.36. The summed E-state index contributed by atoms with van der Waals surface area (Å²) in [6, 6.07) is 11.1. The van der Waals surface area contributed by atoms with Gasteiger partial charge in [0.15, 0.2) is 5.58 Å². The largest absolute Gasteiger partial charge is 0.421 e. The van der Waals surface area contributed by atoms with E-state index in [1.165, 1.54) is 22.8 Å². The first kappa shape index (κ1) is 14.2. The Balaban J connectivity index is 1.92. The summed E-state index contributed by atoms with van der Waals surface area (Å²) < 4.78 is 6.39. The molecule has 0 saturated carbocycles. The molecule has 0 saturated heterocycles. The zero-order chi connectivity index (χ0) is 15.7.